The van der Waals surface area contributed by atoms with Crippen LogP contribution in [0.4, 0.5) is 0 Å². The summed E-state index contributed by atoms with van der Waals surface area (Å²) in [6.45, 7) is 12.6. The molecular weight excluding hydrogens is 323 g/mol. The smallest absolute Gasteiger partial charge is 0.147 e. The van der Waals surface area contributed by atoms with Gasteiger partial charge in [0.15, 0.2) is 0 Å². The van der Waals surface area contributed by atoms with Crippen LogP contribution in [0.3, 0.4) is 0 Å². The predicted molar refractivity (Wildman–Crippen MR) is 92.5 cm³/mol. The topological polar surface area (TPSA) is 0 Å². The molecule has 0 saturated heterocycles. The van der Waals surface area contributed by atoms with Crippen LogP contribution in [0, 0.1) is 12.2 Å². The summed E-state index contributed by atoms with van der Waals surface area (Å²) in [5.74, 6) is 0. The molecule has 0 heterocycles. The first-order valence-corrected chi connectivity index (χ1v) is 7.10. The van der Waals surface area contributed by atoms with Crippen LogP contribution in [0.1, 0.15) is 54.4 Å². The second-order valence-electron chi connectivity index (χ2n) is 5.05. The fraction of sp³-hybridized carbons (Fsp3) is 0.471. The van der Waals surface area contributed by atoms with Crippen molar-refractivity contribution < 1.29 is 20.0 Å². The summed E-state index contributed by atoms with van der Waals surface area (Å²) < 4.78 is 1.42. The summed E-state index contributed by atoms with van der Waals surface area (Å²) in [7, 11) is 0. The van der Waals surface area contributed by atoms with Crippen molar-refractivity contribution >= 4 is 28.6 Å². The normalized spacial score (nSPS) is 14.8. The van der Waals surface area contributed by atoms with Gasteiger partial charge in [-0.2, -0.15) is 11.1 Å². The van der Waals surface area contributed by atoms with E-state index in [4.69, 9.17) is 0 Å². The molecule has 0 aromatic carbocycles. The molecule has 0 atom stereocenters. The van der Waals surface area contributed by atoms with Crippen LogP contribution in [0.25, 0.3) is 0 Å². The number of hydrogen-bond donors (Lipinski definition) is 0. The fourth-order valence-electron chi connectivity index (χ4n) is 1.50. The number of rotatable bonds is 0. The van der Waals surface area contributed by atoms with E-state index < -0.39 is 0 Å². The summed E-state index contributed by atoms with van der Waals surface area (Å²) in [5, 5.41) is 0. The Balaban J connectivity index is -0.000000215. The van der Waals surface area contributed by atoms with E-state index in [0.29, 0.717) is 0 Å². The minimum atomic E-state index is 0. The molecule has 0 spiro atoms. The van der Waals surface area contributed by atoms with Crippen molar-refractivity contribution in [2.24, 2.45) is 0 Å². The molecule has 2 aliphatic rings. The van der Waals surface area contributed by atoms with Gasteiger partial charge in [-0.25, -0.2) is 23.3 Å². The van der Waals surface area contributed by atoms with Crippen molar-refractivity contribution in [3.8, 4) is 0 Å². The van der Waals surface area contributed by atoms with Gasteiger partial charge in [0.05, 0.1) is 0 Å². The van der Waals surface area contributed by atoms with E-state index in [0.717, 1.165) is 12.8 Å². The van der Waals surface area contributed by atoms with Crippen molar-refractivity contribution in [2.75, 3.05) is 0 Å². The molecule has 0 fully saturated rings. The fourth-order valence-corrected chi connectivity index (χ4v) is 1.50. The molecule has 3 heteroatoms. The monoisotopic (exact) mass is 348 g/mol. The van der Waals surface area contributed by atoms with Crippen LogP contribution in [-0.2, 0) is 20.0 Å². The van der Waals surface area contributed by atoms with Crippen LogP contribution in [0.2, 0.25) is 0 Å². The largest absolute Gasteiger partial charge is 0.147 e. The molecule has 0 aromatic heterocycles. The zero-order valence-corrected chi connectivity index (χ0v) is 16.6. The van der Waals surface area contributed by atoms with Crippen molar-refractivity contribution in [2.45, 2.75) is 54.4 Å². The van der Waals surface area contributed by atoms with Crippen molar-refractivity contribution in [3.63, 3.8) is 0 Å². The first kappa shape index (κ1) is 25.1. The van der Waals surface area contributed by atoms with Gasteiger partial charge in [0, 0.05) is 0 Å². The first-order chi connectivity index (χ1) is 8.31. The molecule has 0 bridgehead atoms. The van der Waals surface area contributed by atoms with Gasteiger partial charge >= 0.3 is 37.6 Å². The maximum Gasteiger partial charge on any atom is -0.147 e. The zero-order valence-electron chi connectivity index (χ0n) is 13.4. The molecule has 0 unspecified atom stereocenters. The van der Waals surface area contributed by atoms with Gasteiger partial charge in [-0.15, -0.1) is 37.7 Å². The van der Waals surface area contributed by atoms with Gasteiger partial charge in [0.1, 0.15) is 0 Å². The maximum absolute atomic E-state index is 3.19. The molecule has 2 aliphatic carbocycles. The average molecular weight is 349 g/mol. The van der Waals surface area contributed by atoms with Crippen LogP contribution in [0.15, 0.2) is 34.4 Å². The van der Waals surface area contributed by atoms with E-state index in [9.17, 15) is 0 Å². The summed E-state index contributed by atoms with van der Waals surface area (Å²) in [4.78, 5) is 0. The molecule has 20 heavy (non-hydrogen) atoms. The van der Waals surface area contributed by atoms with E-state index in [1.165, 1.54) is 26.1 Å². The van der Waals surface area contributed by atoms with Crippen molar-refractivity contribution in [1.29, 1.82) is 0 Å². The molecule has 2 rings (SSSR count). The third-order valence-corrected chi connectivity index (χ3v) is 2.22. The Labute approximate surface area is 149 Å². The van der Waals surface area contributed by atoms with E-state index in [-0.39, 0.29) is 24.8 Å². The van der Waals surface area contributed by atoms with Crippen LogP contribution < -0.4 is 0 Å². The second-order valence-corrected chi connectivity index (χ2v) is 6.62. The molecule has 0 aromatic rings. The third-order valence-electron chi connectivity index (χ3n) is 2.22. The number of halogens is 2. The molecule has 0 radical (unpaired) electrons. The van der Waals surface area contributed by atoms with Crippen molar-refractivity contribution in [3.05, 3.63) is 46.6 Å². The minimum absolute atomic E-state index is 0. The van der Waals surface area contributed by atoms with Gasteiger partial charge < -0.3 is 0 Å². The Hall–Kier alpha value is 0.124. The summed E-state index contributed by atoms with van der Waals surface area (Å²) in [6, 6.07) is 0. The van der Waals surface area contributed by atoms with Crippen LogP contribution in [0.5, 0.6) is 0 Å². The molecule has 0 nitrogen and oxygen atoms in total. The number of allylic oxidation sites excluding steroid dienone is 8. The maximum atomic E-state index is 3.19. The Kier molecular flexibility index (Phi) is 17.7. The van der Waals surface area contributed by atoms with Crippen molar-refractivity contribution in [1.82, 2.24) is 0 Å². The Morgan fingerprint density at radius 3 is 1.15 bits per heavy atom. The van der Waals surface area contributed by atoms with E-state index in [2.05, 4.69) is 85.8 Å². The molecular formula is C17H26Cl2Ti. The third kappa shape index (κ3) is 16.2. The Morgan fingerprint density at radius 1 is 0.850 bits per heavy atom. The van der Waals surface area contributed by atoms with Gasteiger partial charge in [0.2, 0.25) is 0 Å². The Bertz CT molecular complexity index is 375. The van der Waals surface area contributed by atoms with Gasteiger partial charge in [0.25, 0.3) is 0 Å². The second kappa shape index (κ2) is 14.1. The van der Waals surface area contributed by atoms with Crippen LogP contribution >= 0.6 is 24.8 Å². The molecule has 112 valence electrons. The quantitative estimate of drug-likeness (QED) is 0.385. The molecule has 0 N–H and O–H groups in total. The molecule has 0 aliphatic heterocycles. The van der Waals surface area contributed by atoms with E-state index in [1.54, 1.807) is 0 Å². The summed E-state index contributed by atoms with van der Waals surface area (Å²) in [5.41, 5.74) is 5.44. The Morgan fingerprint density at radius 2 is 1.10 bits per heavy atom. The standard InChI is InChI=1S/2C7H9.C3H6.2ClH.Ti/c2*1-6-3-4-7(2)5-6;1-3-2;;;/h2*5H,3H2,1-2H3;1-2H3;2*1H;/q2*-1;;;;+2. The first-order valence-electron chi connectivity index (χ1n) is 6.32. The van der Waals surface area contributed by atoms with Crippen LogP contribution in [-0.4, -0.2) is 3.81 Å². The molecule has 0 saturated carbocycles. The average Bonchev–Trinajstić information content (AvgIpc) is 2.76. The van der Waals surface area contributed by atoms with Gasteiger partial charge in [-0.3, -0.25) is 12.2 Å². The summed E-state index contributed by atoms with van der Waals surface area (Å²) >= 11 is 2.08. The summed E-state index contributed by atoms with van der Waals surface area (Å²) in [6.07, 6.45) is 12.8. The number of hydrogen-bond acceptors (Lipinski definition) is 0. The molecule has 0 amide bonds. The van der Waals surface area contributed by atoms with E-state index in [1.807, 2.05) is 0 Å². The minimum Gasteiger partial charge on any atom is -0.147 e. The predicted octanol–water partition coefficient (Wildman–Crippen LogP) is 5.76. The van der Waals surface area contributed by atoms with Gasteiger partial charge in [-0.1, -0.05) is 27.7 Å². The SMILES string of the molecule is CC1=[C-]CC(C)=C1.CC1=[C-]CC(C)=C1.C[C](C)=[Ti+2].Cl.Cl. The zero-order chi connectivity index (χ0) is 14.1. The van der Waals surface area contributed by atoms with Gasteiger partial charge in [-0.05, 0) is 0 Å². The van der Waals surface area contributed by atoms with E-state index >= 15 is 0 Å².